The highest BCUT2D eigenvalue weighted by Crippen LogP contribution is 2.62. The number of methoxy groups -OCH3 is 2. The highest BCUT2D eigenvalue weighted by Gasteiger charge is 2.71. The third-order valence-electron chi connectivity index (χ3n) is 8.53. The maximum absolute atomic E-state index is 15.0. The molecule has 204 valence electrons. The normalized spacial score (nSPS) is 24.3. The first-order valence-corrected chi connectivity index (χ1v) is 13.4. The zero-order valence-corrected chi connectivity index (χ0v) is 23.2. The van der Waals surface area contributed by atoms with Crippen LogP contribution in [0.15, 0.2) is 72.9 Å². The first-order valence-electron chi connectivity index (χ1n) is 13.4. The second kappa shape index (κ2) is 9.08. The Kier molecular flexibility index (Phi) is 5.87. The van der Waals surface area contributed by atoms with Gasteiger partial charge in [0.2, 0.25) is 5.91 Å². The summed E-state index contributed by atoms with van der Waals surface area (Å²) >= 11 is 0. The summed E-state index contributed by atoms with van der Waals surface area (Å²) in [6, 6.07) is 18.9. The minimum absolute atomic E-state index is 0.115. The predicted octanol–water partition coefficient (Wildman–Crippen LogP) is 5.42. The molecule has 1 saturated heterocycles. The molecule has 0 saturated carbocycles. The van der Waals surface area contributed by atoms with Crippen LogP contribution >= 0.6 is 0 Å². The Labute approximate surface area is 233 Å². The molecular formula is C33H32N2O5. The van der Waals surface area contributed by atoms with Gasteiger partial charge in [0.15, 0.2) is 11.6 Å². The third-order valence-corrected chi connectivity index (χ3v) is 8.53. The van der Waals surface area contributed by atoms with Crippen LogP contribution in [0.4, 0.5) is 5.69 Å². The summed E-state index contributed by atoms with van der Waals surface area (Å²) in [4.78, 5) is 45.8. The molecule has 3 aromatic rings. The smallest absolute Gasteiger partial charge is 0.238 e. The lowest BCUT2D eigenvalue weighted by Gasteiger charge is -2.38. The molecule has 7 heteroatoms. The molecule has 40 heavy (non-hydrogen) atoms. The Morgan fingerprint density at radius 2 is 1.68 bits per heavy atom. The van der Waals surface area contributed by atoms with E-state index < -0.39 is 28.8 Å². The van der Waals surface area contributed by atoms with Crippen molar-refractivity contribution in [2.75, 3.05) is 19.5 Å². The molecule has 3 heterocycles. The molecule has 1 N–H and O–H groups in total. The molecule has 0 aromatic heterocycles. The molecular weight excluding hydrogens is 504 g/mol. The van der Waals surface area contributed by atoms with Crippen molar-refractivity contribution < 1.29 is 23.9 Å². The number of hydrogen-bond donors (Lipinski definition) is 1. The van der Waals surface area contributed by atoms with Crippen LogP contribution < -0.4 is 14.8 Å². The Hall–Kier alpha value is -4.39. The van der Waals surface area contributed by atoms with E-state index >= 15 is 0 Å². The number of rotatable bonds is 5. The van der Waals surface area contributed by atoms with Crippen molar-refractivity contribution in [3.63, 3.8) is 0 Å². The summed E-state index contributed by atoms with van der Waals surface area (Å²) in [6.07, 6.45) is 3.84. The Balaban J connectivity index is 1.70. The zero-order chi connectivity index (χ0) is 28.4. The summed E-state index contributed by atoms with van der Waals surface area (Å²) in [5.74, 6) is -0.964. The lowest BCUT2D eigenvalue weighted by molar-refractivity contribution is -0.131. The fourth-order valence-corrected chi connectivity index (χ4v) is 6.79. The van der Waals surface area contributed by atoms with Gasteiger partial charge in [0, 0.05) is 17.3 Å². The standard InChI is InChI=1S/C33H32N2O5/c1-32(2,3)30(37)27-26(28(36)22-18-20(39-4)14-15-25(22)40-5)33(23-12-8-9-13-24(23)34-31(33)38)29-21-11-7-6-10-19(21)16-17-35(27)29/h6-18,26-27,29H,1-5H3,(H,34,38)/t26-,27+,29-,33-/m0/s1. The maximum Gasteiger partial charge on any atom is 0.238 e. The number of nitrogens with one attached hydrogen (secondary N) is 1. The Morgan fingerprint density at radius 1 is 0.950 bits per heavy atom. The van der Waals surface area contributed by atoms with Gasteiger partial charge in [-0.3, -0.25) is 14.4 Å². The number of ether oxygens (including phenoxy) is 2. The van der Waals surface area contributed by atoms with Gasteiger partial charge in [0.1, 0.15) is 16.9 Å². The fourth-order valence-electron chi connectivity index (χ4n) is 6.79. The quantitative estimate of drug-likeness (QED) is 0.439. The van der Waals surface area contributed by atoms with Gasteiger partial charge < -0.3 is 19.7 Å². The Morgan fingerprint density at radius 3 is 2.40 bits per heavy atom. The molecule has 1 amide bonds. The average molecular weight is 537 g/mol. The van der Waals surface area contributed by atoms with E-state index in [4.69, 9.17) is 9.47 Å². The largest absolute Gasteiger partial charge is 0.497 e. The molecule has 0 aliphatic carbocycles. The van der Waals surface area contributed by atoms with E-state index in [1.807, 2.05) is 86.5 Å². The van der Waals surface area contributed by atoms with E-state index in [0.717, 1.165) is 11.1 Å². The van der Waals surface area contributed by atoms with Crippen LogP contribution in [-0.4, -0.2) is 42.6 Å². The van der Waals surface area contributed by atoms with Crippen LogP contribution in [0.25, 0.3) is 6.08 Å². The number of nitrogens with zero attached hydrogens (tertiary/aromatic N) is 1. The number of anilines is 1. The van der Waals surface area contributed by atoms with Crippen molar-refractivity contribution in [3.8, 4) is 11.5 Å². The minimum atomic E-state index is -1.38. The van der Waals surface area contributed by atoms with E-state index in [2.05, 4.69) is 5.32 Å². The van der Waals surface area contributed by atoms with Crippen molar-refractivity contribution >= 4 is 29.2 Å². The van der Waals surface area contributed by atoms with Gasteiger partial charge in [-0.15, -0.1) is 0 Å². The second-order valence-electron chi connectivity index (χ2n) is 11.6. The molecule has 1 fully saturated rings. The number of amides is 1. The van der Waals surface area contributed by atoms with Crippen LogP contribution in [0.1, 0.15) is 53.9 Å². The molecule has 4 atom stereocenters. The van der Waals surface area contributed by atoms with Gasteiger partial charge in [0.05, 0.1) is 37.8 Å². The lowest BCUT2D eigenvalue weighted by atomic mass is 9.62. The van der Waals surface area contributed by atoms with Crippen molar-refractivity contribution in [3.05, 3.63) is 95.2 Å². The minimum Gasteiger partial charge on any atom is -0.497 e. The van der Waals surface area contributed by atoms with Gasteiger partial charge in [-0.2, -0.15) is 0 Å². The number of carbonyl (C=O) groups is 3. The zero-order valence-electron chi connectivity index (χ0n) is 23.2. The van der Waals surface area contributed by atoms with E-state index in [1.165, 1.54) is 14.2 Å². The molecule has 7 nitrogen and oxygen atoms in total. The molecule has 0 unspecified atom stereocenters. The summed E-state index contributed by atoms with van der Waals surface area (Å²) < 4.78 is 11.1. The molecule has 6 rings (SSSR count). The second-order valence-corrected chi connectivity index (χ2v) is 11.6. The SMILES string of the molecule is COc1ccc(OC)c(C(=O)[C@@H]2[C@H](C(=O)C(C)(C)C)N3C=Cc4ccccc4[C@H]3[C@@]23C(=O)Nc2ccccc23)c1. The predicted molar refractivity (Wildman–Crippen MR) is 152 cm³/mol. The monoisotopic (exact) mass is 536 g/mol. The highest BCUT2D eigenvalue weighted by molar-refractivity contribution is 6.16. The van der Waals surface area contributed by atoms with Gasteiger partial charge >= 0.3 is 0 Å². The molecule has 1 spiro atoms. The van der Waals surface area contributed by atoms with Crippen molar-refractivity contribution in [2.24, 2.45) is 11.3 Å². The Bertz CT molecular complexity index is 1590. The van der Waals surface area contributed by atoms with Gasteiger partial charge in [-0.05, 0) is 47.0 Å². The molecule has 3 aromatic carbocycles. The van der Waals surface area contributed by atoms with Gasteiger partial charge in [-0.25, -0.2) is 0 Å². The molecule has 0 bridgehead atoms. The lowest BCUT2D eigenvalue weighted by Crippen LogP contribution is -2.50. The van der Waals surface area contributed by atoms with E-state index in [0.29, 0.717) is 22.7 Å². The summed E-state index contributed by atoms with van der Waals surface area (Å²) in [6.45, 7) is 5.56. The van der Waals surface area contributed by atoms with Crippen molar-refractivity contribution in [1.29, 1.82) is 0 Å². The van der Waals surface area contributed by atoms with Crippen LogP contribution in [0.3, 0.4) is 0 Å². The molecule has 3 aliphatic rings. The number of Topliss-reactive ketones (excluding diaryl/α,β-unsaturated/α-hetero) is 2. The van der Waals surface area contributed by atoms with Gasteiger partial charge in [-0.1, -0.05) is 63.2 Å². The number of hydrogen-bond acceptors (Lipinski definition) is 6. The van der Waals surface area contributed by atoms with E-state index in [1.54, 1.807) is 18.2 Å². The fraction of sp³-hybridized carbons (Fsp3) is 0.303. The van der Waals surface area contributed by atoms with Crippen molar-refractivity contribution in [1.82, 2.24) is 4.90 Å². The van der Waals surface area contributed by atoms with Gasteiger partial charge in [0.25, 0.3) is 0 Å². The molecule has 3 aliphatic heterocycles. The van der Waals surface area contributed by atoms with Crippen LogP contribution in [-0.2, 0) is 15.0 Å². The number of benzene rings is 3. The summed E-state index contributed by atoms with van der Waals surface area (Å²) in [5.41, 5.74) is 1.33. The van der Waals surface area contributed by atoms with E-state index in [-0.39, 0.29) is 23.0 Å². The van der Waals surface area contributed by atoms with E-state index in [9.17, 15) is 14.4 Å². The van der Waals surface area contributed by atoms with Crippen LogP contribution in [0, 0.1) is 11.3 Å². The summed E-state index contributed by atoms with van der Waals surface area (Å²) in [7, 11) is 3.03. The molecule has 0 radical (unpaired) electrons. The van der Waals surface area contributed by atoms with Crippen LogP contribution in [0.2, 0.25) is 0 Å². The summed E-state index contributed by atoms with van der Waals surface area (Å²) in [5, 5.41) is 3.07. The highest BCUT2D eigenvalue weighted by atomic mass is 16.5. The number of ketones is 2. The van der Waals surface area contributed by atoms with Crippen LogP contribution in [0.5, 0.6) is 11.5 Å². The first kappa shape index (κ1) is 25.9. The van der Waals surface area contributed by atoms with Crippen molar-refractivity contribution in [2.45, 2.75) is 38.3 Å². The first-order chi connectivity index (χ1) is 19.1. The maximum atomic E-state index is 15.0. The third kappa shape index (κ3) is 3.46. The number of para-hydroxylation sites is 1. The average Bonchev–Trinajstić information content (AvgIpc) is 3.43. The number of carbonyl (C=O) groups excluding carboxylic acids is 3. The topological polar surface area (TPSA) is 84.9 Å². The number of fused-ring (bicyclic) bond motifs is 6.